The van der Waals surface area contributed by atoms with Gasteiger partial charge in [0.1, 0.15) is 0 Å². The van der Waals surface area contributed by atoms with Crippen LogP contribution in [0.15, 0.2) is 188 Å². The van der Waals surface area contributed by atoms with E-state index in [1.165, 1.54) is 44.5 Å². The molecule has 0 saturated heterocycles. The molecule has 1 unspecified atom stereocenters. The van der Waals surface area contributed by atoms with Gasteiger partial charge in [-0.15, -0.1) is 0 Å². The van der Waals surface area contributed by atoms with Crippen molar-refractivity contribution in [2.75, 3.05) is 0 Å². The molecular weight excluding hydrogens is 605 g/mol. The third kappa shape index (κ3) is 5.14. The van der Waals surface area contributed by atoms with E-state index in [0.717, 1.165) is 39.5 Å². The normalized spacial score (nSPS) is 14.6. The van der Waals surface area contributed by atoms with E-state index in [2.05, 4.69) is 171 Å². The van der Waals surface area contributed by atoms with Crippen LogP contribution in [0.2, 0.25) is 0 Å². The van der Waals surface area contributed by atoms with Gasteiger partial charge < -0.3 is 0 Å². The second-order valence-corrected chi connectivity index (χ2v) is 13.2. The molecule has 0 aliphatic heterocycles. The second kappa shape index (κ2) is 12.3. The standard InChI is InChI=1S/C48H34N2/c1-48(40-23-9-4-10-24-40)43-26-12-11-25-41(43)42-28-27-38(31-44(42)48)36-20-13-19-35(29-36)37-21-14-22-39(30-37)46-32-45(33-15-5-2-6-16-33)49-47(50-46)34-17-7-3-8-18-34/h2-32H,1H3. The monoisotopic (exact) mass is 638 g/mol. The molecule has 1 atom stereocenters. The van der Waals surface area contributed by atoms with E-state index in [9.17, 15) is 0 Å². The number of aromatic nitrogens is 2. The van der Waals surface area contributed by atoms with Gasteiger partial charge in [0.05, 0.1) is 11.4 Å². The van der Waals surface area contributed by atoms with Gasteiger partial charge in [0.25, 0.3) is 0 Å². The van der Waals surface area contributed by atoms with Gasteiger partial charge in [0.2, 0.25) is 0 Å². The van der Waals surface area contributed by atoms with Gasteiger partial charge >= 0.3 is 0 Å². The van der Waals surface area contributed by atoms with Crippen molar-refractivity contribution < 1.29 is 0 Å². The molecule has 2 nitrogen and oxygen atoms in total. The van der Waals surface area contributed by atoms with E-state index in [4.69, 9.17) is 9.97 Å². The Hall–Kier alpha value is -6.38. The van der Waals surface area contributed by atoms with Crippen LogP contribution < -0.4 is 0 Å². The summed E-state index contributed by atoms with van der Waals surface area (Å²) in [7, 11) is 0. The van der Waals surface area contributed by atoms with Crippen LogP contribution in [0.25, 0.3) is 67.3 Å². The highest BCUT2D eigenvalue weighted by Gasteiger charge is 2.40. The van der Waals surface area contributed by atoms with Crippen LogP contribution in [-0.2, 0) is 5.41 Å². The number of rotatable bonds is 6. The fourth-order valence-electron chi connectivity index (χ4n) is 7.56. The lowest BCUT2D eigenvalue weighted by Gasteiger charge is -2.28. The zero-order valence-electron chi connectivity index (χ0n) is 27.8. The number of hydrogen-bond donors (Lipinski definition) is 0. The van der Waals surface area contributed by atoms with Crippen molar-refractivity contribution in [3.05, 3.63) is 205 Å². The molecule has 1 aromatic heterocycles. The number of fused-ring (bicyclic) bond motifs is 3. The van der Waals surface area contributed by atoms with E-state index in [1.54, 1.807) is 0 Å². The Balaban J connectivity index is 1.11. The third-order valence-electron chi connectivity index (χ3n) is 10.2. The lowest BCUT2D eigenvalue weighted by molar-refractivity contribution is 0.714. The maximum Gasteiger partial charge on any atom is 0.160 e. The quantitative estimate of drug-likeness (QED) is 0.181. The molecule has 0 saturated carbocycles. The van der Waals surface area contributed by atoms with E-state index in [1.807, 2.05) is 24.3 Å². The third-order valence-corrected chi connectivity index (χ3v) is 10.2. The van der Waals surface area contributed by atoms with Crippen LogP contribution in [0.5, 0.6) is 0 Å². The lowest BCUT2D eigenvalue weighted by atomic mass is 9.74. The molecule has 0 radical (unpaired) electrons. The topological polar surface area (TPSA) is 25.8 Å². The molecule has 7 aromatic carbocycles. The predicted octanol–water partition coefficient (Wildman–Crippen LogP) is 12.1. The minimum absolute atomic E-state index is 0.232. The molecule has 50 heavy (non-hydrogen) atoms. The average Bonchev–Trinajstić information content (AvgIpc) is 3.47. The van der Waals surface area contributed by atoms with Gasteiger partial charge in [0, 0.05) is 22.1 Å². The Labute approximate surface area is 293 Å². The highest BCUT2D eigenvalue weighted by Crippen LogP contribution is 2.53. The lowest BCUT2D eigenvalue weighted by Crippen LogP contribution is -2.22. The van der Waals surface area contributed by atoms with E-state index in [0.29, 0.717) is 0 Å². The van der Waals surface area contributed by atoms with Crippen molar-refractivity contribution in [3.8, 4) is 67.3 Å². The molecule has 9 rings (SSSR count). The zero-order chi connectivity index (χ0) is 33.5. The molecule has 1 aliphatic rings. The first-order chi connectivity index (χ1) is 24.6. The molecule has 0 bridgehead atoms. The van der Waals surface area contributed by atoms with E-state index in [-0.39, 0.29) is 5.41 Å². The summed E-state index contributed by atoms with van der Waals surface area (Å²) in [6.07, 6.45) is 0. The van der Waals surface area contributed by atoms with Crippen molar-refractivity contribution in [2.45, 2.75) is 12.3 Å². The van der Waals surface area contributed by atoms with Gasteiger partial charge in [-0.2, -0.15) is 0 Å². The molecule has 0 amide bonds. The molecule has 236 valence electrons. The number of benzene rings is 7. The predicted molar refractivity (Wildman–Crippen MR) is 207 cm³/mol. The smallest absolute Gasteiger partial charge is 0.160 e. The summed E-state index contributed by atoms with van der Waals surface area (Å²) in [5.74, 6) is 0.718. The zero-order valence-corrected chi connectivity index (χ0v) is 27.8. The van der Waals surface area contributed by atoms with Crippen LogP contribution in [-0.4, -0.2) is 9.97 Å². The summed E-state index contributed by atoms with van der Waals surface area (Å²) in [5, 5.41) is 0. The van der Waals surface area contributed by atoms with Crippen LogP contribution >= 0.6 is 0 Å². The van der Waals surface area contributed by atoms with Crippen LogP contribution in [0, 0.1) is 0 Å². The van der Waals surface area contributed by atoms with E-state index < -0.39 is 0 Å². The molecule has 2 heteroatoms. The molecule has 0 fully saturated rings. The van der Waals surface area contributed by atoms with Crippen molar-refractivity contribution >= 4 is 0 Å². The van der Waals surface area contributed by atoms with Gasteiger partial charge in [-0.1, -0.05) is 164 Å². The van der Waals surface area contributed by atoms with Gasteiger partial charge in [-0.3, -0.25) is 0 Å². The highest BCUT2D eigenvalue weighted by atomic mass is 14.9. The summed E-state index contributed by atoms with van der Waals surface area (Å²) in [6, 6.07) is 67.0. The average molecular weight is 639 g/mol. The minimum Gasteiger partial charge on any atom is -0.228 e. The summed E-state index contributed by atoms with van der Waals surface area (Å²) < 4.78 is 0. The molecule has 1 aliphatic carbocycles. The maximum atomic E-state index is 5.08. The Morgan fingerprint density at radius 3 is 1.50 bits per heavy atom. The maximum absolute atomic E-state index is 5.08. The summed E-state index contributed by atoms with van der Waals surface area (Å²) in [5.41, 5.74) is 16.1. The van der Waals surface area contributed by atoms with Crippen LogP contribution in [0.1, 0.15) is 23.6 Å². The Bertz CT molecular complexity index is 2430. The Kier molecular flexibility index (Phi) is 7.29. The largest absolute Gasteiger partial charge is 0.228 e. The van der Waals surface area contributed by atoms with Gasteiger partial charge in [-0.05, 0) is 81.3 Å². The fraction of sp³-hybridized carbons (Fsp3) is 0.0417. The molecular formula is C48H34N2. The van der Waals surface area contributed by atoms with Crippen LogP contribution in [0.3, 0.4) is 0 Å². The van der Waals surface area contributed by atoms with E-state index >= 15 is 0 Å². The Morgan fingerprint density at radius 2 is 0.820 bits per heavy atom. The Morgan fingerprint density at radius 1 is 0.340 bits per heavy atom. The first-order valence-corrected chi connectivity index (χ1v) is 17.2. The highest BCUT2D eigenvalue weighted by molar-refractivity contribution is 5.86. The summed E-state index contributed by atoms with van der Waals surface area (Å²) in [6.45, 7) is 2.37. The summed E-state index contributed by atoms with van der Waals surface area (Å²) in [4.78, 5) is 10.1. The molecule has 0 spiro atoms. The fourth-order valence-corrected chi connectivity index (χ4v) is 7.56. The van der Waals surface area contributed by atoms with Crippen molar-refractivity contribution in [1.82, 2.24) is 9.97 Å². The number of nitrogens with zero attached hydrogens (tertiary/aromatic N) is 2. The molecule has 0 N–H and O–H groups in total. The number of hydrogen-bond acceptors (Lipinski definition) is 2. The van der Waals surface area contributed by atoms with Gasteiger partial charge in [-0.25, -0.2) is 9.97 Å². The molecule has 1 heterocycles. The van der Waals surface area contributed by atoms with Crippen molar-refractivity contribution in [1.29, 1.82) is 0 Å². The van der Waals surface area contributed by atoms with Crippen LogP contribution in [0.4, 0.5) is 0 Å². The first kappa shape index (κ1) is 29.7. The second-order valence-electron chi connectivity index (χ2n) is 13.2. The summed E-state index contributed by atoms with van der Waals surface area (Å²) >= 11 is 0. The van der Waals surface area contributed by atoms with Crippen molar-refractivity contribution in [2.24, 2.45) is 0 Å². The van der Waals surface area contributed by atoms with Crippen molar-refractivity contribution in [3.63, 3.8) is 0 Å². The molecule has 8 aromatic rings. The first-order valence-electron chi connectivity index (χ1n) is 17.2. The van der Waals surface area contributed by atoms with Gasteiger partial charge in [0.15, 0.2) is 5.82 Å². The minimum atomic E-state index is -0.232. The SMILES string of the molecule is CC1(c2ccccc2)c2ccccc2-c2ccc(-c3cccc(-c4cccc(-c5cc(-c6ccccc6)nc(-c6ccccc6)n5)c4)c3)cc21.